The Morgan fingerprint density at radius 2 is 1.76 bits per heavy atom. The topological polar surface area (TPSA) is 37.3 Å². The predicted octanol–water partition coefficient (Wildman–Crippen LogP) is 3.48. The van der Waals surface area contributed by atoms with Gasteiger partial charge in [-0.15, -0.1) is 0 Å². The van der Waals surface area contributed by atoms with Gasteiger partial charge in [0.1, 0.15) is 4.75 Å². The maximum absolute atomic E-state index is 11.6. The molecule has 1 aliphatic carbocycles. The number of thiol groups is 1. The fourth-order valence-corrected chi connectivity index (χ4v) is 3.15. The highest BCUT2D eigenvalue weighted by atomic mass is 32.1. The van der Waals surface area contributed by atoms with Gasteiger partial charge in [-0.05, 0) is 24.3 Å². The number of aliphatic carboxylic acids is 1. The largest absolute Gasteiger partial charge is 0.480 e. The molecule has 17 heavy (non-hydrogen) atoms. The van der Waals surface area contributed by atoms with Gasteiger partial charge in [-0.25, -0.2) is 0 Å². The van der Waals surface area contributed by atoms with Gasteiger partial charge in [0.25, 0.3) is 0 Å². The molecule has 3 heteroatoms. The van der Waals surface area contributed by atoms with Gasteiger partial charge in [-0.1, -0.05) is 49.6 Å². The van der Waals surface area contributed by atoms with Gasteiger partial charge in [0.15, 0.2) is 0 Å². The third-order valence-corrected chi connectivity index (χ3v) is 4.55. The molecule has 2 nitrogen and oxygen atoms in total. The molecule has 1 aliphatic rings. The van der Waals surface area contributed by atoms with Gasteiger partial charge < -0.3 is 5.11 Å². The zero-order valence-corrected chi connectivity index (χ0v) is 10.7. The molecule has 1 atom stereocenters. The van der Waals surface area contributed by atoms with Crippen LogP contribution >= 0.6 is 12.6 Å². The summed E-state index contributed by atoms with van der Waals surface area (Å²) in [6, 6.07) is 9.41. The molecule has 92 valence electrons. The van der Waals surface area contributed by atoms with Crippen molar-refractivity contribution >= 4 is 18.6 Å². The Morgan fingerprint density at radius 1 is 1.18 bits per heavy atom. The summed E-state index contributed by atoms with van der Waals surface area (Å²) in [5.74, 6) is -0.682. The SMILES string of the molecule is O=C(O)C(S)(c1ccccc1)C1CCCCC1. The van der Waals surface area contributed by atoms with E-state index in [1.165, 1.54) is 6.42 Å². The van der Waals surface area contributed by atoms with Crippen molar-refractivity contribution in [2.75, 3.05) is 0 Å². The van der Waals surface area contributed by atoms with E-state index >= 15 is 0 Å². The van der Waals surface area contributed by atoms with Crippen LogP contribution in [-0.4, -0.2) is 11.1 Å². The molecular weight excluding hydrogens is 232 g/mol. The second-order valence-electron chi connectivity index (χ2n) is 4.77. The standard InChI is InChI=1S/C14H18O2S/c15-13(16)14(17,11-7-3-1-4-8-11)12-9-5-2-6-10-12/h1,3-4,7-8,12,17H,2,5-6,9-10H2,(H,15,16). The lowest BCUT2D eigenvalue weighted by atomic mass is 9.76. The zero-order valence-electron chi connectivity index (χ0n) is 9.80. The van der Waals surface area contributed by atoms with Gasteiger partial charge in [0.2, 0.25) is 0 Å². The zero-order chi connectivity index (χ0) is 12.3. The van der Waals surface area contributed by atoms with Crippen LogP contribution in [0.1, 0.15) is 37.7 Å². The monoisotopic (exact) mass is 250 g/mol. The molecule has 2 rings (SSSR count). The average molecular weight is 250 g/mol. The van der Waals surface area contributed by atoms with Crippen LogP contribution in [0.4, 0.5) is 0 Å². The normalized spacial score (nSPS) is 20.8. The summed E-state index contributed by atoms with van der Waals surface area (Å²) in [7, 11) is 0. The first kappa shape index (κ1) is 12.5. The third kappa shape index (κ3) is 2.34. The highest BCUT2D eigenvalue weighted by Gasteiger charge is 2.44. The van der Waals surface area contributed by atoms with Crippen LogP contribution in [0.15, 0.2) is 30.3 Å². The summed E-state index contributed by atoms with van der Waals surface area (Å²) < 4.78 is -1.03. The van der Waals surface area contributed by atoms with Crippen molar-refractivity contribution < 1.29 is 9.90 Å². The number of benzene rings is 1. The first-order chi connectivity index (χ1) is 8.15. The van der Waals surface area contributed by atoms with E-state index in [4.69, 9.17) is 0 Å². The fraction of sp³-hybridized carbons (Fsp3) is 0.500. The Hall–Kier alpha value is -0.960. The van der Waals surface area contributed by atoms with Gasteiger partial charge in [-0.2, -0.15) is 12.6 Å². The second-order valence-corrected chi connectivity index (χ2v) is 5.48. The molecule has 0 saturated heterocycles. The number of hydrogen-bond acceptors (Lipinski definition) is 2. The molecule has 1 saturated carbocycles. The minimum absolute atomic E-state index is 0.138. The Balaban J connectivity index is 2.35. The van der Waals surface area contributed by atoms with Crippen LogP contribution in [0.25, 0.3) is 0 Å². The van der Waals surface area contributed by atoms with Gasteiger partial charge in [-0.3, -0.25) is 4.79 Å². The first-order valence-corrected chi connectivity index (χ1v) is 6.61. The smallest absolute Gasteiger partial charge is 0.324 e. The van der Waals surface area contributed by atoms with Crippen LogP contribution in [0.5, 0.6) is 0 Å². The van der Waals surface area contributed by atoms with Crippen molar-refractivity contribution in [3.63, 3.8) is 0 Å². The summed E-state index contributed by atoms with van der Waals surface area (Å²) in [5, 5.41) is 9.56. The van der Waals surface area contributed by atoms with Crippen molar-refractivity contribution in [2.24, 2.45) is 5.92 Å². The lowest BCUT2D eigenvalue weighted by Crippen LogP contribution is -2.39. The summed E-state index contributed by atoms with van der Waals surface area (Å²) in [6.07, 6.45) is 5.38. The van der Waals surface area contributed by atoms with E-state index in [1.807, 2.05) is 30.3 Å². The van der Waals surface area contributed by atoms with Gasteiger partial charge in [0.05, 0.1) is 0 Å². The molecule has 1 unspecified atom stereocenters. The molecular formula is C14H18O2S. The van der Waals surface area contributed by atoms with Crippen LogP contribution < -0.4 is 0 Å². The van der Waals surface area contributed by atoms with E-state index in [9.17, 15) is 9.90 Å². The van der Waals surface area contributed by atoms with Crippen molar-refractivity contribution in [2.45, 2.75) is 36.9 Å². The molecule has 0 bridgehead atoms. The van der Waals surface area contributed by atoms with E-state index in [2.05, 4.69) is 12.6 Å². The first-order valence-electron chi connectivity index (χ1n) is 6.17. The minimum Gasteiger partial charge on any atom is -0.480 e. The van der Waals surface area contributed by atoms with Crippen LogP contribution in [-0.2, 0) is 9.54 Å². The summed E-state index contributed by atoms with van der Waals surface area (Å²) >= 11 is 4.55. The molecule has 1 N–H and O–H groups in total. The maximum atomic E-state index is 11.6. The van der Waals surface area contributed by atoms with Crippen LogP contribution in [0.2, 0.25) is 0 Å². The van der Waals surface area contributed by atoms with E-state index in [0.717, 1.165) is 31.2 Å². The average Bonchev–Trinajstić information content (AvgIpc) is 2.39. The number of rotatable bonds is 3. The minimum atomic E-state index is -1.03. The number of carboxylic acids is 1. The van der Waals surface area contributed by atoms with Gasteiger partial charge in [0, 0.05) is 0 Å². The van der Waals surface area contributed by atoms with Crippen LogP contribution in [0.3, 0.4) is 0 Å². The highest BCUT2D eigenvalue weighted by Crippen LogP contribution is 2.44. The maximum Gasteiger partial charge on any atom is 0.324 e. The quantitative estimate of drug-likeness (QED) is 0.806. The summed E-state index contributed by atoms with van der Waals surface area (Å²) in [4.78, 5) is 11.6. The van der Waals surface area contributed by atoms with E-state index < -0.39 is 10.7 Å². The number of carboxylic acid groups (broad SMARTS) is 1. The van der Waals surface area contributed by atoms with E-state index in [1.54, 1.807) is 0 Å². The number of hydrogen-bond donors (Lipinski definition) is 2. The summed E-state index contributed by atoms with van der Waals surface area (Å²) in [6.45, 7) is 0. The molecule has 1 aromatic carbocycles. The lowest BCUT2D eigenvalue weighted by Gasteiger charge is -2.36. The molecule has 0 aliphatic heterocycles. The van der Waals surface area contributed by atoms with Crippen LogP contribution in [0, 0.1) is 5.92 Å². The molecule has 0 radical (unpaired) electrons. The molecule has 1 fully saturated rings. The van der Waals surface area contributed by atoms with E-state index in [-0.39, 0.29) is 5.92 Å². The Kier molecular flexibility index (Phi) is 3.77. The Bertz CT molecular complexity index is 384. The van der Waals surface area contributed by atoms with Crippen molar-refractivity contribution in [1.82, 2.24) is 0 Å². The molecule has 0 spiro atoms. The fourth-order valence-electron chi connectivity index (χ4n) is 2.75. The second kappa shape index (κ2) is 5.13. The molecule has 0 heterocycles. The van der Waals surface area contributed by atoms with Gasteiger partial charge >= 0.3 is 5.97 Å². The molecule has 0 aromatic heterocycles. The molecule has 1 aromatic rings. The summed E-state index contributed by atoms with van der Waals surface area (Å²) in [5.41, 5.74) is 0.808. The third-order valence-electron chi connectivity index (χ3n) is 3.74. The predicted molar refractivity (Wildman–Crippen MR) is 71.3 cm³/mol. The lowest BCUT2D eigenvalue weighted by molar-refractivity contribution is -0.142. The van der Waals surface area contributed by atoms with E-state index in [0.29, 0.717) is 0 Å². The Labute approximate surface area is 107 Å². The Morgan fingerprint density at radius 3 is 2.29 bits per heavy atom. The van der Waals surface area contributed by atoms with Crippen molar-refractivity contribution in [1.29, 1.82) is 0 Å². The van der Waals surface area contributed by atoms with Crippen molar-refractivity contribution in [3.05, 3.63) is 35.9 Å². The highest BCUT2D eigenvalue weighted by molar-refractivity contribution is 7.82. The number of carbonyl (C=O) groups is 1. The molecule has 0 amide bonds. The van der Waals surface area contributed by atoms with Crippen molar-refractivity contribution in [3.8, 4) is 0 Å².